The van der Waals surface area contributed by atoms with Crippen molar-refractivity contribution in [2.45, 2.75) is 19.6 Å². The molecule has 4 rings (SSSR count). The largest absolute Gasteiger partial charge is 0.442 e. The van der Waals surface area contributed by atoms with Gasteiger partial charge in [-0.25, -0.2) is 19.2 Å². The van der Waals surface area contributed by atoms with E-state index in [1.165, 1.54) is 30.3 Å². The Hall–Kier alpha value is -4.60. The first-order chi connectivity index (χ1) is 17.4. The van der Waals surface area contributed by atoms with Crippen molar-refractivity contribution >= 4 is 29.7 Å². The highest BCUT2D eigenvalue weighted by atomic mass is 19.1. The molecule has 1 aliphatic rings. The predicted octanol–water partition coefficient (Wildman–Crippen LogP) is 3.07. The SMILES string of the molecule is CC(=O)NC[C@H]1CN(c2ccc(-c3ccc(CNC(=O)/C=C/c4cncnc4)cc3)c(F)c2)C(=O)O1. The molecule has 1 fully saturated rings. The normalized spacial score (nSPS) is 15.1. The zero-order chi connectivity index (χ0) is 25.5. The zero-order valence-electron chi connectivity index (χ0n) is 19.5. The van der Waals surface area contributed by atoms with E-state index >= 15 is 0 Å². The van der Waals surface area contributed by atoms with Crippen molar-refractivity contribution in [2.75, 3.05) is 18.0 Å². The van der Waals surface area contributed by atoms with E-state index in [4.69, 9.17) is 4.74 Å². The molecule has 0 saturated carbocycles. The van der Waals surface area contributed by atoms with Gasteiger partial charge in [-0.2, -0.15) is 0 Å². The first kappa shape index (κ1) is 24.5. The fourth-order valence-electron chi connectivity index (χ4n) is 3.62. The number of cyclic esters (lactones) is 1. The first-order valence-electron chi connectivity index (χ1n) is 11.2. The molecule has 0 aliphatic carbocycles. The van der Waals surface area contributed by atoms with Crippen LogP contribution in [0.5, 0.6) is 0 Å². The number of anilines is 1. The number of hydrogen-bond donors (Lipinski definition) is 2. The molecule has 0 spiro atoms. The molecule has 2 N–H and O–H groups in total. The van der Waals surface area contributed by atoms with Gasteiger partial charge in [-0.05, 0) is 35.4 Å². The Kier molecular flexibility index (Phi) is 7.64. The van der Waals surface area contributed by atoms with E-state index in [0.717, 1.165) is 11.1 Å². The van der Waals surface area contributed by atoms with Crippen LogP contribution in [0.15, 0.2) is 67.3 Å². The number of ether oxygens (including phenoxy) is 1. The van der Waals surface area contributed by atoms with Crippen LogP contribution in [-0.4, -0.2) is 47.1 Å². The molecule has 36 heavy (non-hydrogen) atoms. The van der Waals surface area contributed by atoms with Crippen LogP contribution in [0, 0.1) is 5.82 Å². The van der Waals surface area contributed by atoms with Crippen molar-refractivity contribution in [1.82, 2.24) is 20.6 Å². The number of halogens is 1. The minimum Gasteiger partial charge on any atom is -0.442 e. The summed E-state index contributed by atoms with van der Waals surface area (Å²) in [6, 6.07) is 11.7. The highest BCUT2D eigenvalue weighted by Crippen LogP contribution is 2.29. The third-order valence-corrected chi connectivity index (χ3v) is 5.46. The van der Waals surface area contributed by atoms with Gasteiger partial charge in [0.15, 0.2) is 0 Å². The summed E-state index contributed by atoms with van der Waals surface area (Å²) in [5.41, 5.74) is 2.98. The zero-order valence-corrected chi connectivity index (χ0v) is 19.5. The quantitative estimate of drug-likeness (QED) is 0.470. The number of nitrogens with one attached hydrogen (secondary N) is 2. The molecule has 2 aromatic carbocycles. The molecule has 10 heteroatoms. The Morgan fingerprint density at radius 2 is 1.89 bits per heavy atom. The average molecular weight is 490 g/mol. The van der Waals surface area contributed by atoms with Crippen LogP contribution in [0.4, 0.5) is 14.9 Å². The van der Waals surface area contributed by atoms with Gasteiger partial charge < -0.3 is 15.4 Å². The summed E-state index contributed by atoms with van der Waals surface area (Å²) in [4.78, 5) is 44.4. The van der Waals surface area contributed by atoms with Crippen molar-refractivity contribution in [1.29, 1.82) is 0 Å². The molecule has 1 aliphatic heterocycles. The highest BCUT2D eigenvalue weighted by molar-refractivity contribution is 5.91. The summed E-state index contributed by atoms with van der Waals surface area (Å²) in [5.74, 6) is -0.963. The Morgan fingerprint density at radius 3 is 2.58 bits per heavy atom. The van der Waals surface area contributed by atoms with Crippen LogP contribution in [0.25, 0.3) is 17.2 Å². The van der Waals surface area contributed by atoms with Crippen LogP contribution in [-0.2, 0) is 20.9 Å². The van der Waals surface area contributed by atoms with Gasteiger partial charge in [0.2, 0.25) is 11.8 Å². The second-order valence-corrected chi connectivity index (χ2v) is 8.14. The number of rotatable bonds is 8. The summed E-state index contributed by atoms with van der Waals surface area (Å²) in [7, 11) is 0. The number of amides is 3. The van der Waals surface area contributed by atoms with Gasteiger partial charge in [-0.15, -0.1) is 0 Å². The van der Waals surface area contributed by atoms with Crippen LogP contribution in [0.3, 0.4) is 0 Å². The summed E-state index contributed by atoms with van der Waals surface area (Å²) in [6.07, 6.45) is 6.55. The van der Waals surface area contributed by atoms with Crippen LogP contribution < -0.4 is 15.5 Å². The van der Waals surface area contributed by atoms with Crippen LogP contribution in [0.2, 0.25) is 0 Å². The van der Waals surface area contributed by atoms with Crippen molar-refractivity contribution in [2.24, 2.45) is 0 Å². The molecule has 2 heterocycles. The van der Waals surface area contributed by atoms with Crippen molar-refractivity contribution in [3.05, 3.63) is 84.2 Å². The monoisotopic (exact) mass is 489 g/mol. The summed E-state index contributed by atoms with van der Waals surface area (Å²) < 4.78 is 20.2. The smallest absolute Gasteiger partial charge is 0.414 e. The molecule has 0 bridgehead atoms. The average Bonchev–Trinajstić information content (AvgIpc) is 3.26. The minimum atomic E-state index is -0.587. The molecule has 0 radical (unpaired) electrons. The molecule has 3 amide bonds. The third kappa shape index (κ3) is 6.29. The van der Waals surface area contributed by atoms with Gasteiger partial charge in [0.25, 0.3) is 0 Å². The topological polar surface area (TPSA) is 114 Å². The van der Waals surface area contributed by atoms with Crippen molar-refractivity contribution < 1.29 is 23.5 Å². The van der Waals surface area contributed by atoms with Gasteiger partial charge >= 0.3 is 6.09 Å². The Balaban J connectivity index is 1.35. The number of carbonyl (C=O) groups is 3. The van der Waals surface area contributed by atoms with E-state index in [0.29, 0.717) is 23.4 Å². The number of benzene rings is 2. The minimum absolute atomic E-state index is 0.198. The van der Waals surface area contributed by atoms with Gasteiger partial charge in [-0.3, -0.25) is 14.5 Å². The Morgan fingerprint density at radius 1 is 1.14 bits per heavy atom. The molecule has 0 unspecified atom stereocenters. The number of hydrogen-bond acceptors (Lipinski definition) is 6. The molecule has 1 atom stereocenters. The van der Waals surface area contributed by atoms with Crippen molar-refractivity contribution in [3.8, 4) is 11.1 Å². The lowest BCUT2D eigenvalue weighted by atomic mass is 10.0. The maximum atomic E-state index is 14.9. The molecule has 1 saturated heterocycles. The van der Waals surface area contributed by atoms with Gasteiger partial charge in [-0.1, -0.05) is 24.3 Å². The van der Waals surface area contributed by atoms with E-state index in [1.807, 2.05) is 12.1 Å². The van der Waals surface area contributed by atoms with E-state index in [1.54, 1.807) is 42.7 Å². The van der Waals surface area contributed by atoms with E-state index < -0.39 is 18.0 Å². The van der Waals surface area contributed by atoms with E-state index in [2.05, 4.69) is 20.6 Å². The maximum absolute atomic E-state index is 14.9. The van der Waals surface area contributed by atoms with Crippen LogP contribution >= 0.6 is 0 Å². The van der Waals surface area contributed by atoms with Gasteiger partial charge in [0.1, 0.15) is 18.2 Å². The number of carbonyl (C=O) groups excluding carboxylic acids is 3. The van der Waals surface area contributed by atoms with E-state index in [-0.39, 0.29) is 24.9 Å². The fraction of sp³-hybridized carbons (Fsp3) is 0.192. The molecule has 9 nitrogen and oxygen atoms in total. The second kappa shape index (κ2) is 11.2. The van der Waals surface area contributed by atoms with E-state index in [9.17, 15) is 18.8 Å². The maximum Gasteiger partial charge on any atom is 0.414 e. The summed E-state index contributed by atoms with van der Waals surface area (Å²) in [6.45, 7) is 2.11. The highest BCUT2D eigenvalue weighted by Gasteiger charge is 2.32. The number of aromatic nitrogens is 2. The third-order valence-electron chi connectivity index (χ3n) is 5.46. The predicted molar refractivity (Wildman–Crippen MR) is 131 cm³/mol. The molecular weight excluding hydrogens is 465 g/mol. The summed E-state index contributed by atoms with van der Waals surface area (Å²) in [5, 5.41) is 5.39. The number of nitrogens with zero attached hydrogens (tertiary/aromatic N) is 3. The Bertz CT molecular complexity index is 1280. The molecular formula is C26H24FN5O4. The first-order valence-corrected chi connectivity index (χ1v) is 11.2. The second-order valence-electron chi connectivity index (χ2n) is 8.14. The lowest BCUT2D eigenvalue weighted by Crippen LogP contribution is -2.33. The standard InChI is InChI=1S/C26H24FN5O4/c1-17(33)30-14-22-15-32(26(35)36-22)21-7-8-23(24(27)10-21)20-5-2-18(3-6-20)13-31-25(34)9-4-19-11-28-16-29-12-19/h2-12,16,22H,13-15H2,1H3,(H,30,33)(H,31,34)/b9-4+/t22-/m0/s1. The van der Waals surface area contributed by atoms with Gasteiger partial charge in [0.05, 0.1) is 18.8 Å². The molecule has 184 valence electrons. The Labute approximate surface area is 207 Å². The fourth-order valence-corrected chi connectivity index (χ4v) is 3.62. The molecule has 1 aromatic heterocycles. The van der Waals surface area contributed by atoms with Crippen LogP contribution in [0.1, 0.15) is 18.1 Å². The lowest BCUT2D eigenvalue weighted by Gasteiger charge is -2.15. The summed E-state index contributed by atoms with van der Waals surface area (Å²) >= 11 is 0. The lowest BCUT2D eigenvalue weighted by molar-refractivity contribution is -0.119. The van der Waals surface area contributed by atoms with Gasteiger partial charge in [0, 0.05) is 43.1 Å². The molecule has 3 aromatic rings. The van der Waals surface area contributed by atoms with Crippen molar-refractivity contribution in [3.63, 3.8) is 0 Å².